The zero-order chi connectivity index (χ0) is 19.8. The Balaban J connectivity index is 2.06. The van der Waals surface area contributed by atoms with Crippen LogP contribution in [-0.4, -0.2) is 60.5 Å². The number of likely N-dealkylation sites (N-methyl/N-ethyl adjacent to an activating group) is 2. The third-order valence-electron chi connectivity index (χ3n) is 3.87. The Labute approximate surface area is 158 Å². The summed E-state index contributed by atoms with van der Waals surface area (Å²) in [6.45, 7) is 4.76. The Bertz CT molecular complexity index is 797. The number of carbonyl (C=O) groups excluding carboxylic acids is 2. The minimum absolute atomic E-state index is 0.00745. The summed E-state index contributed by atoms with van der Waals surface area (Å²) < 4.78 is 10.7. The monoisotopic (exact) mass is 372 g/mol. The lowest BCUT2D eigenvalue weighted by Gasteiger charge is -2.22. The molecule has 0 saturated carbocycles. The van der Waals surface area contributed by atoms with Crippen molar-refractivity contribution in [3.63, 3.8) is 0 Å². The van der Waals surface area contributed by atoms with Gasteiger partial charge in [-0.15, -0.1) is 0 Å². The smallest absolute Gasteiger partial charge is 0.338 e. The van der Waals surface area contributed by atoms with Crippen LogP contribution in [0.15, 0.2) is 36.7 Å². The van der Waals surface area contributed by atoms with E-state index >= 15 is 0 Å². The molecule has 2 rings (SSSR count). The molecule has 0 N–H and O–H groups in total. The maximum Gasteiger partial charge on any atom is 0.338 e. The molecule has 2 aromatic rings. The molecular formula is C19H24N4O4. The normalized spacial score (nSPS) is 10.2. The van der Waals surface area contributed by atoms with Gasteiger partial charge in [0.1, 0.15) is 5.75 Å². The van der Waals surface area contributed by atoms with Crippen LogP contribution in [0.3, 0.4) is 0 Å². The van der Waals surface area contributed by atoms with Gasteiger partial charge in [-0.05, 0) is 25.1 Å². The molecule has 8 nitrogen and oxygen atoms in total. The fourth-order valence-corrected chi connectivity index (χ4v) is 2.17. The highest BCUT2D eigenvalue weighted by molar-refractivity contribution is 5.89. The molecule has 0 atom stereocenters. The molecule has 1 aromatic heterocycles. The van der Waals surface area contributed by atoms with Crippen LogP contribution in [-0.2, 0) is 9.53 Å². The topological polar surface area (TPSA) is 84.9 Å². The van der Waals surface area contributed by atoms with E-state index in [2.05, 4.69) is 9.97 Å². The summed E-state index contributed by atoms with van der Waals surface area (Å²) in [5.74, 6) is 0.988. The molecule has 144 valence electrons. The lowest BCUT2D eigenvalue weighted by molar-refractivity contribution is -0.127. The molecule has 0 aliphatic rings. The zero-order valence-corrected chi connectivity index (χ0v) is 16.0. The average molecular weight is 372 g/mol. The van der Waals surface area contributed by atoms with Crippen LogP contribution < -0.4 is 9.64 Å². The molecule has 1 aromatic carbocycles. The van der Waals surface area contributed by atoms with E-state index in [-0.39, 0.29) is 5.91 Å². The van der Waals surface area contributed by atoms with Gasteiger partial charge in [-0.3, -0.25) is 9.78 Å². The molecule has 0 unspecified atom stereocenters. The molecule has 27 heavy (non-hydrogen) atoms. The fraction of sp³-hybridized carbons (Fsp3) is 0.368. The highest BCUT2D eigenvalue weighted by Crippen LogP contribution is 2.22. The van der Waals surface area contributed by atoms with Gasteiger partial charge in [0.25, 0.3) is 0 Å². The zero-order valence-electron chi connectivity index (χ0n) is 16.0. The van der Waals surface area contributed by atoms with Gasteiger partial charge in [-0.25, -0.2) is 4.79 Å². The SMILES string of the molecule is CCOC(=O)c1cccc(Oc2cncc(N(C)CCN(C)C(C)=O)n2)c1. The number of esters is 1. The lowest BCUT2D eigenvalue weighted by atomic mass is 10.2. The number of anilines is 1. The van der Waals surface area contributed by atoms with E-state index in [4.69, 9.17) is 9.47 Å². The number of ether oxygens (including phenoxy) is 2. The van der Waals surface area contributed by atoms with Crippen LogP contribution in [0.25, 0.3) is 0 Å². The van der Waals surface area contributed by atoms with E-state index in [1.54, 1.807) is 49.3 Å². The molecule has 1 amide bonds. The molecule has 0 fully saturated rings. The number of hydrogen-bond acceptors (Lipinski definition) is 7. The van der Waals surface area contributed by atoms with Crippen LogP contribution in [0.1, 0.15) is 24.2 Å². The first kappa shape index (κ1) is 20.2. The van der Waals surface area contributed by atoms with Gasteiger partial charge < -0.3 is 19.3 Å². The second-order valence-electron chi connectivity index (χ2n) is 5.93. The summed E-state index contributed by atoms with van der Waals surface area (Å²) in [6, 6.07) is 6.69. The first-order chi connectivity index (χ1) is 12.9. The first-order valence-corrected chi connectivity index (χ1v) is 8.60. The van der Waals surface area contributed by atoms with E-state index in [0.717, 1.165) is 0 Å². The number of aromatic nitrogens is 2. The molecule has 0 radical (unpaired) electrons. The highest BCUT2D eigenvalue weighted by Gasteiger charge is 2.11. The maximum absolute atomic E-state index is 11.8. The summed E-state index contributed by atoms with van der Waals surface area (Å²) in [4.78, 5) is 35.2. The molecule has 0 aliphatic heterocycles. The molecular weight excluding hydrogens is 348 g/mol. The van der Waals surface area contributed by atoms with Crippen LogP contribution in [0.5, 0.6) is 11.6 Å². The summed E-state index contributed by atoms with van der Waals surface area (Å²) in [7, 11) is 3.61. The second-order valence-corrected chi connectivity index (χ2v) is 5.93. The molecule has 0 bridgehead atoms. The largest absolute Gasteiger partial charge is 0.462 e. The number of carbonyl (C=O) groups is 2. The predicted molar refractivity (Wildman–Crippen MR) is 101 cm³/mol. The van der Waals surface area contributed by atoms with Gasteiger partial charge in [0, 0.05) is 34.1 Å². The fourth-order valence-electron chi connectivity index (χ4n) is 2.17. The molecule has 1 heterocycles. The average Bonchev–Trinajstić information content (AvgIpc) is 2.66. The van der Waals surface area contributed by atoms with Crippen LogP contribution in [0.4, 0.5) is 5.82 Å². The van der Waals surface area contributed by atoms with Gasteiger partial charge in [0.15, 0.2) is 5.82 Å². The van der Waals surface area contributed by atoms with Crippen molar-refractivity contribution in [1.29, 1.82) is 0 Å². The van der Waals surface area contributed by atoms with Gasteiger partial charge in [-0.2, -0.15) is 4.98 Å². The third-order valence-corrected chi connectivity index (χ3v) is 3.87. The summed E-state index contributed by atoms with van der Waals surface area (Å²) in [5.41, 5.74) is 0.405. The Morgan fingerprint density at radius 1 is 1.15 bits per heavy atom. The third kappa shape index (κ3) is 5.95. The van der Waals surface area contributed by atoms with Crippen molar-refractivity contribution >= 4 is 17.7 Å². The van der Waals surface area contributed by atoms with Crippen LogP contribution in [0.2, 0.25) is 0 Å². The van der Waals surface area contributed by atoms with Crippen molar-refractivity contribution in [2.24, 2.45) is 0 Å². The molecule has 8 heteroatoms. The Morgan fingerprint density at radius 2 is 1.93 bits per heavy atom. The first-order valence-electron chi connectivity index (χ1n) is 8.60. The molecule has 0 saturated heterocycles. The Hall–Kier alpha value is -3.16. The van der Waals surface area contributed by atoms with Crippen molar-refractivity contribution < 1.29 is 19.1 Å². The minimum Gasteiger partial charge on any atom is -0.462 e. The highest BCUT2D eigenvalue weighted by atomic mass is 16.5. The number of rotatable bonds is 8. The maximum atomic E-state index is 11.8. The quantitative estimate of drug-likeness (QED) is 0.658. The number of hydrogen-bond donors (Lipinski definition) is 0. The molecule has 0 aliphatic carbocycles. The van der Waals surface area contributed by atoms with E-state index in [1.807, 2.05) is 11.9 Å². The van der Waals surface area contributed by atoms with E-state index in [1.165, 1.54) is 13.1 Å². The van der Waals surface area contributed by atoms with Crippen molar-refractivity contribution in [1.82, 2.24) is 14.9 Å². The van der Waals surface area contributed by atoms with E-state index in [9.17, 15) is 9.59 Å². The summed E-state index contributed by atoms with van der Waals surface area (Å²) in [6.07, 6.45) is 3.12. The number of nitrogens with zero attached hydrogens (tertiary/aromatic N) is 4. The Morgan fingerprint density at radius 3 is 2.63 bits per heavy atom. The van der Waals surface area contributed by atoms with Crippen LogP contribution >= 0.6 is 0 Å². The van der Waals surface area contributed by atoms with Gasteiger partial charge in [0.05, 0.1) is 24.6 Å². The standard InChI is InChI=1S/C19H24N4O4/c1-5-26-19(25)15-7-6-8-16(11-15)27-18-13-20-12-17(21-18)23(4)10-9-22(3)14(2)24/h6-8,11-13H,5,9-10H2,1-4H3. The van der Waals surface area contributed by atoms with Gasteiger partial charge in [0.2, 0.25) is 11.8 Å². The van der Waals surface area contributed by atoms with E-state index in [0.29, 0.717) is 42.7 Å². The lowest BCUT2D eigenvalue weighted by Crippen LogP contribution is -2.33. The van der Waals surface area contributed by atoms with E-state index < -0.39 is 5.97 Å². The number of amides is 1. The van der Waals surface area contributed by atoms with Crippen molar-refractivity contribution in [3.8, 4) is 11.6 Å². The van der Waals surface area contributed by atoms with Gasteiger partial charge >= 0.3 is 5.97 Å². The van der Waals surface area contributed by atoms with Crippen molar-refractivity contribution in [2.75, 3.05) is 38.7 Å². The summed E-state index contributed by atoms with van der Waals surface area (Å²) >= 11 is 0. The minimum atomic E-state index is -0.405. The molecule has 0 spiro atoms. The predicted octanol–water partition coefficient (Wildman–Crippen LogP) is 2.36. The van der Waals surface area contributed by atoms with Crippen LogP contribution in [0, 0.1) is 0 Å². The second kappa shape index (κ2) is 9.51. The number of benzene rings is 1. The van der Waals surface area contributed by atoms with Crippen molar-refractivity contribution in [2.45, 2.75) is 13.8 Å². The summed E-state index contributed by atoms with van der Waals surface area (Å²) in [5, 5.41) is 0. The Kier molecular flexibility index (Phi) is 7.10. The van der Waals surface area contributed by atoms with Crippen molar-refractivity contribution in [3.05, 3.63) is 42.2 Å². The van der Waals surface area contributed by atoms with Gasteiger partial charge in [-0.1, -0.05) is 6.07 Å².